The number of alkyl halides is 1. The van der Waals surface area contributed by atoms with E-state index in [-0.39, 0.29) is 0 Å². The molecular formula is C11H9BrClNO2. The van der Waals surface area contributed by atoms with Crippen molar-refractivity contribution in [3.05, 3.63) is 27.7 Å². The van der Waals surface area contributed by atoms with Crippen LogP contribution in [0.2, 0.25) is 0 Å². The lowest BCUT2D eigenvalue weighted by molar-refractivity contribution is -0.114. The predicted octanol–water partition coefficient (Wildman–Crippen LogP) is 2.53. The molecule has 1 aromatic rings. The second kappa shape index (κ2) is 4.18. The van der Waals surface area contributed by atoms with Crippen molar-refractivity contribution in [2.45, 2.75) is 6.92 Å². The van der Waals surface area contributed by atoms with E-state index in [1.807, 2.05) is 13.0 Å². The number of benzene rings is 1. The van der Waals surface area contributed by atoms with E-state index in [9.17, 15) is 9.59 Å². The molecule has 1 aliphatic heterocycles. The molecule has 0 bridgehead atoms. The number of halogens is 2. The van der Waals surface area contributed by atoms with Gasteiger partial charge in [0, 0.05) is 16.9 Å². The average Bonchev–Trinajstić information content (AvgIpc) is 2.44. The van der Waals surface area contributed by atoms with E-state index < -0.39 is 11.7 Å². The molecule has 0 N–H and O–H groups in total. The number of Topliss-reactive ketones (excluding diaryl/α,β-unsaturated/α-hetero) is 1. The molecule has 0 saturated heterocycles. The van der Waals surface area contributed by atoms with Gasteiger partial charge in [0.05, 0.1) is 11.3 Å². The van der Waals surface area contributed by atoms with Gasteiger partial charge in [0.25, 0.3) is 11.7 Å². The summed E-state index contributed by atoms with van der Waals surface area (Å²) in [5.41, 5.74) is 2.05. The Hall–Kier alpha value is -0.870. The van der Waals surface area contributed by atoms with Crippen LogP contribution in [0.25, 0.3) is 0 Å². The number of aryl methyl sites for hydroxylation is 1. The molecule has 1 aliphatic rings. The van der Waals surface area contributed by atoms with Crippen LogP contribution in [-0.4, -0.2) is 24.1 Å². The predicted molar refractivity (Wildman–Crippen MR) is 66.3 cm³/mol. The smallest absolute Gasteiger partial charge is 0.299 e. The number of hydrogen-bond acceptors (Lipinski definition) is 2. The number of nitrogens with zero attached hydrogens (tertiary/aromatic N) is 1. The third-order valence-corrected chi connectivity index (χ3v) is 3.15. The number of amides is 1. The maximum Gasteiger partial charge on any atom is 0.299 e. The fourth-order valence-electron chi connectivity index (χ4n) is 1.90. The number of anilines is 1. The first-order valence-corrected chi connectivity index (χ1v) is 6.11. The molecule has 0 unspecified atom stereocenters. The maximum atomic E-state index is 11.7. The van der Waals surface area contributed by atoms with Crippen molar-refractivity contribution in [1.29, 1.82) is 0 Å². The SMILES string of the molecule is Cc1cc(Br)cc2c1N(CCCl)C(=O)C2=O. The highest BCUT2D eigenvalue weighted by Gasteiger charge is 2.36. The lowest BCUT2D eigenvalue weighted by Gasteiger charge is -2.16. The van der Waals surface area contributed by atoms with Crippen molar-refractivity contribution in [2.24, 2.45) is 0 Å². The van der Waals surface area contributed by atoms with E-state index in [4.69, 9.17) is 11.6 Å². The summed E-state index contributed by atoms with van der Waals surface area (Å²) in [4.78, 5) is 24.9. The molecule has 0 atom stereocenters. The minimum Gasteiger partial charge on any atom is -0.303 e. The van der Waals surface area contributed by atoms with Gasteiger partial charge in [-0.15, -0.1) is 11.6 Å². The van der Waals surface area contributed by atoms with Crippen LogP contribution in [0.5, 0.6) is 0 Å². The number of fused-ring (bicyclic) bond motifs is 1. The monoisotopic (exact) mass is 301 g/mol. The van der Waals surface area contributed by atoms with Gasteiger partial charge in [-0.1, -0.05) is 15.9 Å². The number of carbonyl (C=O) groups is 2. The van der Waals surface area contributed by atoms with Gasteiger partial charge in [0.2, 0.25) is 0 Å². The molecule has 0 saturated carbocycles. The molecular weight excluding hydrogens is 293 g/mol. The minimum absolute atomic E-state index is 0.313. The zero-order valence-electron chi connectivity index (χ0n) is 8.59. The van der Waals surface area contributed by atoms with Crippen LogP contribution >= 0.6 is 27.5 Å². The standard InChI is InChI=1S/C11H9BrClNO2/c1-6-4-7(12)5-8-9(6)14(3-2-13)11(16)10(8)15/h4-5H,2-3H2,1H3. The number of hydrogen-bond donors (Lipinski definition) is 0. The topological polar surface area (TPSA) is 37.4 Å². The summed E-state index contributed by atoms with van der Waals surface area (Å²) in [6, 6.07) is 3.56. The molecule has 1 aromatic carbocycles. The molecule has 0 aliphatic carbocycles. The van der Waals surface area contributed by atoms with Crippen LogP contribution in [0, 0.1) is 6.92 Å². The molecule has 16 heavy (non-hydrogen) atoms. The lowest BCUT2D eigenvalue weighted by Crippen LogP contribution is -2.31. The fourth-order valence-corrected chi connectivity index (χ4v) is 2.65. The van der Waals surface area contributed by atoms with Gasteiger partial charge in [-0.2, -0.15) is 0 Å². The van der Waals surface area contributed by atoms with Crippen LogP contribution < -0.4 is 4.90 Å². The lowest BCUT2D eigenvalue weighted by atomic mass is 10.1. The normalized spacial score (nSPS) is 14.6. The van der Waals surface area contributed by atoms with Gasteiger partial charge in [-0.25, -0.2) is 0 Å². The molecule has 1 amide bonds. The number of rotatable bonds is 2. The Morgan fingerprint density at radius 1 is 1.38 bits per heavy atom. The summed E-state index contributed by atoms with van der Waals surface area (Å²) in [7, 11) is 0. The Bertz CT molecular complexity index is 487. The Kier molecular flexibility index (Phi) is 3.04. The van der Waals surface area contributed by atoms with E-state index in [1.165, 1.54) is 4.90 Å². The summed E-state index contributed by atoms with van der Waals surface area (Å²) in [6.07, 6.45) is 0. The van der Waals surface area contributed by atoms with Crippen LogP contribution in [0.1, 0.15) is 15.9 Å². The first-order chi connectivity index (χ1) is 7.56. The van der Waals surface area contributed by atoms with Crippen molar-refractivity contribution in [3.8, 4) is 0 Å². The van der Waals surface area contributed by atoms with E-state index >= 15 is 0 Å². The van der Waals surface area contributed by atoms with E-state index in [1.54, 1.807) is 6.07 Å². The largest absolute Gasteiger partial charge is 0.303 e. The summed E-state index contributed by atoms with van der Waals surface area (Å²) in [5.74, 6) is -0.630. The van der Waals surface area contributed by atoms with Crippen LogP contribution in [0.3, 0.4) is 0 Å². The summed E-state index contributed by atoms with van der Waals surface area (Å²) >= 11 is 8.94. The van der Waals surface area contributed by atoms with Crippen LogP contribution in [0.4, 0.5) is 5.69 Å². The second-order valence-corrected chi connectivity index (χ2v) is 4.89. The van der Waals surface area contributed by atoms with Gasteiger partial charge in [0.1, 0.15) is 0 Å². The fraction of sp³-hybridized carbons (Fsp3) is 0.273. The second-order valence-electron chi connectivity index (χ2n) is 3.59. The van der Waals surface area contributed by atoms with Crippen LogP contribution in [0.15, 0.2) is 16.6 Å². The Balaban J connectivity index is 2.60. The number of ketones is 1. The minimum atomic E-state index is -0.489. The quantitative estimate of drug-likeness (QED) is 0.622. The molecule has 5 heteroatoms. The number of carbonyl (C=O) groups excluding carboxylic acids is 2. The molecule has 84 valence electrons. The highest BCUT2D eigenvalue weighted by molar-refractivity contribution is 9.10. The highest BCUT2D eigenvalue weighted by Crippen LogP contribution is 2.34. The Morgan fingerprint density at radius 2 is 2.06 bits per heavy atom. The van der Waals surface area contributed by atoms with Crippen molar-refractivity contribution in [3.63, 3.8) is 0 Å². The van der Waals surface area contributed by atoms with Crippen molar-refractivity contribution in [2.75, 3.05) is 17.3 Å². The molecule has 2 rings (SSSR count). The Morgan fingerprint density at radius 3 is 2.69 bits per heavy atom. The summed E-state index contributed by atoms with van der Waals surface area (Å²) in [5, 5.41) is 0. The highest BCUT2D eigenvalue weighted by atomic mass is 79.9. The van der Waals surface area contributed by atoms with Crippen molar-refractivity contribution < 1.29 is 9.59 Å². The molecule has 0 radical (unpaired) electrons. The third kappa shape index (κ3) is 1.66. The first kappa shape index (κ1) is 11.6. The van der Waals surface area contributed by atoms with E-state index in [0.29, 0.717) is 23.7 Å². The zero-order chi connectivity index (χ0) is 11.9. The van der Waals surface area contributed by atoms with Gasteiger partial charge in [-0.05, 0) is 24.6 Å². The summed E-state index contributed by atoms with van der Waals surface area (Å²) in [6.45, 7) is 2.23. The molecule has 1 heterocycles. The van der Waals surface area contributed by atoms with Crippen molar-refractivity contribution in [1.82, 2.24) is 0 Å². The van der Waals surface area contributed by atoms with Gasteiger partial charge >= 0.3 is 0 Å². The van der Waals surface area contributed by atoms with Crippen LogP contribution in [-0.2, 0) is 4.79 Å². The molecule has 3 nitrogen and oxygen atoms in total. The molecule has 0 fully saturated rings. The third-order valence-electron chi connectivity index (χ3n) is 2.53. The first-order valence-electron chi connectivity index (χ1n) is 4.78. The van der Waals surface area contributed by atoms with Crippen molar-refractivity contribution >= 4 is 44.9 Å². The molecule has 0 spiro atoms. The van der Waals surface area contributed by atoms with E-state index in [2.05, 4.69) is 15.9 Å². The van der Waals surface area contributed by atoms with Gasteiger partial charge in [0.15, 0.2) is 0 Å². The Labute approximate surface area is 107 Å². The van der Waals surface area contributed by atoms with Gasteiger partial charge < -0.3 is 4.90 Å². The zero-order valence-corrected chi connectivity index (χ0v) is 10.9. The maximum absolute atomic E-state index is 11.7. The van der Waals surface area contributed by atoms with E-state index in [0.717, 1.165) is 10.0 Å². The summed E-state index contributed by atoms with van der Waals surface area (Å²) < 4.78 is 0.803. The average molecular weight is 303 g/mol. The molecule has 0 aromatic heterocycles. The van der Waals surface area contributed by atoms with Gasteiger partial charge in [-0.3, -0.25) is 9.59 Å².